The predicted octanol–water partition coefficient (Wildman–Crippen LogP) is 5.67. The van der Waals surface area contributed by atoms with Crippen LogP contribution in [0, 0.1) is 0 Å². The average molecular weight is 331 g/mol. The molecule has 116 valence electrons. The molecule has 0 atom stereocenters. The van der Waals surface area contributed by atoms with E-state index in [1.54, 1.807) is 48.7 Å². The topological polar surface area (TPSA) is 57.8 Å². The first-order valence-corrected chi connectivity index (χ1v) is 7.55. The van der Waals surface area contributed by atoms with E-state index in [0.29, 0.717) is 38.9 Å². The number of halogens is 2. The number of thioether (sulfide) groups is 1. The van der Waals surface area contributed by atoms with Gasteiger partial charge in [0, 0.05) is 16.5 Å². The number of phenolic OH excluding ortho intramolecular Hbond substituents is 1. The van der Waals surface area contributed by atoms with Crippen molar-refractivity contribution < 1.29 is 13.9 Å². The van der Waals surface area contributed by atoms with E-state index >= 15 is 0 Å². The zero-order chi connectivity index (χ0) is 16.2. The van der Waals surface area contributed by atoms with Crippen LogP contribution >= 0.6 is 11.8 Å². The number of aromatic hydroxyl groups is 1. The van der Waals surface area contributed by atoms with Gasteiger partial charge in [-0.25, -0.2) is 0 Å². The Labute approximate surface area is 134 Å². The Kier molecular flexibility index (Phi) is 4.47. The predicted molar refractivity (Wildman–Crippen MR) is 85.9 cm³/mol. The van der Waals surface area contributed by atoms with Gasteiger partial charge in [0.1, 0.15) is 11.3 Å². The van der Waals surface area contributed by atoms with Crippen molar-refractivity contribution in [2.45, 2.75) is 10.7 Å². The Hall–Kier alpha value is -2.54. The van der Waals surface area contributed by atoms with Crippen LogP contribution in [0.15, 0.2) is 69.9 Å². The Morgan fingerprint density at radius 3 is 2.52 bits per heavy atom. The SMILES string of the molecule is Oc1ccc(N=Nc2ccc(SC(F)F)cc2)c2cccnc12. The van der Waals surface area contributed by atoms with E-state index in [0.717, 1.165) is 0 Å². The van der Waals surface area contributed by atoms with Crippen LogP contribution in [0.1, 0.15) is 0 Å². The molecule has 23 heavy (non-hydrogen) atoms. The van der Waals surface area contributed by atoms with Gasteiger partial charge in [-0.3, -0.25) is 4.98 Å². The van der Waals surface area contributed by atoms with Gasteiger partial charge < -0.3 is 5.11 Å². The summed E-state index contributed by atoms with van der Waals surface area (Å²) in [7, 11) is 0. The van der Waals surface area contributed by atoms with Crippen molar-refractivity contribution in [2.24, 2.45) is 10.2 Å². The van der Waals surface area contributed by atoms with Crippen LogP contribution in [0.4, 0.5) is 20.2 Å². The fraction of sp³-hybridized carbons (Fsp3) is 0.0625. The molecule has 0 radical (unpaired) electrons. The Balaban J connectivity index is 1.87. The van der Waals surface area contributed by atoms with Gasteiger partial charge in [-0.2, -0.15) is 13.9 Å². The Morgan fingerprint density at radius 1 is 1.00 bits per heavy atom. The molecule has 0 fully saturated rings. The van der Waals surface area contributed by atoms with Crippen molar-refractivity contribution in [3.8, 4) is 5.75 Å². The zero-order valence-corrected chi connectivity index (χ0v) is 12.5. The van der Waals surface area contributed by atoms with E-state index in [4.69, 9.17) is 0 Å². The van der Waals surface area contributed by atoms with Gasteiger partial charge in [-0.15, -0.1) is 5.11 Å². The molecule has 0 amide bonds. The van der Waals surface area contributed by atoms with Crippen LogP contribution in [0.5, 0.6) is 5.75 Å². The highest BCUT2D eigenvalue weighted by Crippen LogP contribution is 2.32. The molecule has 4 nitrogen and oxygen atoms in total. The van der Waals surface area contributed by atoms with E-state index in [1.807, 2.05) is 0 Å². The van der Waals surface area contributed by atoms with Gasteiger partial charge in [0.2, 0.25) is 0 Å². The molecular formula is C16H11F2N3OS. The number of alkyl halides is 2. The van der Waals surface area contributed by atoms with Crippen molar-refractivity contribution in [3.63, 3.8) is 0 Å². The first-order chi connectivity index (χ1) is 11.1. The standard InChI is InChI=1S/C16H11F2N3OS/c17-16(18)23-11-5-3-10(4-6-11)20-21-13-7-8-14(22)15-12(13)2-1-9-19-15/h1-9,16,22H. The average Bonchev–Trinajstić information content (AvgIpc) is 2.55. The molecular weight excluding hydrogens is 320 g/mol. The summed E-state index contributed by atoms with van der Waals surface area (Å²) in [6, 6.07) is 13.1. The zero-order valence-electron chi connectivity index (χ0n) is 11.7. The fourth-order valence-electron chi connectivity index (χ4n) is 2.04. The van der Waals surface area contributed by atoms with E-state index in [9.17, 15) is 13.9 Å². The first-order valence-electron chi connectivity index (χ1n) is 6.67. The number of hydrogen-bond donors (Lipinski definition) is 1. The number of nitrogens with zero attached hydrogens (tertiary/aromatic N) is 3. The molecule has 0 saturated heterocycles. The van der Waals surface area contributed by atoms with Crippen LogP contribution < -0.4 is 0 Å². The third-order valence-electron chi connectivity index (χ3n) is 3.06. The highest BCUT2D eigenvalue weighted by molar-refractivity contribution is 7.99. The molecule has 3 aromatic rings. The van der Waals surface area contributed by atoms with Crippen LogP contribution in [0.25, 0.3) is 10.9 Å². The molecule has 3 rings (SSSR count). The second-order valence-corrected chi connectivity index (χ2v) is 5.64. The summed E-state index contributed by atoms with van der Waals surface area (Å²) in [6.07, 6.45) is 1.59. The lowest BCUT2D eigenvalue weighted by Gasteiger charge is -2.02. The molecule has 2 aromatic carbocycles. The summed E-state index contributed by atoms with van der Waals surface area (Å²) < 4.78 is 24.5. The van der Waals surface area contributed by atoms with Crippen molar-refractivity contribution in [2.75, 3.05) is 0 Å². The Bertz CT molecular complexity index is 854. The third-order valence-corrected chi connectivity index (χ3v) is 3.78. The maximum absolute atomic E-state index is 12.3. The minimum atomic E-state index is -2.45. The number of rotatable bonds is 4. The molecule has 0 aliphatic rings. The number of hydrogen-bond acceptors (Lipinski definition) is 5. The summed E-state index contributed by atoms with van der Waals surface area (Å²) >= 11 is 0.483. The summed E-state index contributed by atoms with van der Waals surface area (Å²) in [5, 5.41) is 18.7. The molecule has 0 aliphatic heterocycles. The summed E-state index contributed by atoms with van der Waals surface area (Å²) in [6.45, 7) is 0. The number of azo groups is 1. The van der Waals surface area contributed by atoms with E-state index in [1.165, 1.54) is 6.07 Å². The van der Waals surface area contributed by atoms with Gasteiger partial charge in [0.15, 0.2) is 0 Å². The number of pyridine rings is 1. The van der Waals surface area contributed by atoms with Crippen molar-refractivity contribution in [3.05, 3.63) is 54.7 Å². The Morgan fingerprint density at radius 2 is 1.78 bits per heavy atom. The van der Waals surface area contributed by atoms with Gasteiger partial charge >= 0.3 is 0 Å². The highest BCUT2D eigenvalue weighted by Gasteiger charge is 2.06. The molecule has 7 heteroatoms. The van der Waals surface area contributed by atoms with Gasteiger partial charge in [0.05, 0.1) is 11.4 Å². The van der Waals surface area contributed by atoms with Crippen LogP contribution in [-0.4, -0.2) is 15.8 Å². The largest absolute Gasteiger partial charge is 0.506 e. The lowest BCUT2D eigenvalue weighted by Crippen LogP contribution is -1.80. The fourth-order valence-corrected chi connectivity index (χ4v) is 2.53. The second-order valence-electron chi connectivity index (χ2n) is 4.58. The lowest BCUT2D eigenvalue weighted by molar-refractivity contribution is 0.252. The monoisotopic (exact) mass is 331 g/mol. The maximum Gasteiger partial charge on any atom is 0.288 e. The molecule has 1 aromatic heterocycles. The van der Waals surface area contributed by atoms with Gasteiger partial charge in [-0.05, 0) is 48.5 Å². The number of fused-ring (bicyclic) bond motifs is 1. The van der Waals surface area contributed by atoms with E-state index in [2.05, 4.69) is 15.2 Å². The molecule has 1 heterocycles. The minimum absolute atomic E-state index is 0.0768. The van der Waals surface area contributed by atoms with Crippen molar-refractivity contribution in [1.29, 1.82) is 0 Å². The number of aromatic nitrogens is 1. The molecule has 0 saturated carbocycles. The van der Waals surface area contributed by atoms with Gasteiger partial charge in [0.25, 0.3) is 5.76 Å². The van der Waals surface area contributed by atoms with Crippen LogP contribution in [0.2, 0.25) is 0 Å². The smallest absolute Gasteiger partial charge is 0.288 e. The second kappa shape index (κ2) is 6.70. The minimum Gasteiger partial charge on any atom is -0.506 e. The highest BCUT2D eigenvalue weighted by atomic mass is 32.2. The summed E-state index contributed by atoms with van der Waals surface area (Å²) in [5.41, 5.74) is 1.57. The van der Waals surface area contributed by atoms with Crippen LogP contribution in [-0.2, 0) is 0 Å². The van der Waals surface area contributed by atoms with Crippen LogP contribution in [0.3, 0.4) is 0 Å². The van der Waals surface area contributed by atoms with Crippen molar-refractivity contribution >= 4 is 34.0 Å². The maximum atomic E-state index is 12.3. The third kappa shape index (κ3) is 3.62. The lowest BCUT2D eigenvalue weighted by atomic mass is 10.2. The molecule has 0 spiro atoms. The molecule has 1 N–H and O–H groups in total. The summed E-state index contributed by atoms with van der Waals surface area (Å²) in [4.78, 5) is 4.58. The quantitative estimate of drug-likeness (QED) is 0.495. The first kappa shape index (κ1) is 15.4. The normalized spacial score (nSPS) is 11.6. The summed E-state index contributed by atoms with van der Waals surface area (Å²) in [5.74, 6) is -2.37. The van der Waals surface area contributed by atoms with E-state index < -0.39 is 5.76 Å². The van der Waals surface area contributed by atoms with E-state index in [-0.39, 0.29) is 5.75 Å². The molecule has 0 aliphatic carbocycles. The number of phenols is 1. The number of benzene rings is 2. The molecule has 0 unspecified atom stereocenters. The van der Waals surface area contributed by atoms with Gasteiger partial charge in [-0.1, -0.05) is 11.8 Å². The van der Waals surface area contributed by atoms with Crippen molar-refractivity contribution in [1.82, 2.24) is 4.98 Å². The molecule has 0 bridgehead atoms.